The SMILES string of the molecule is C[C@@H]1CCCC[C@H]1NC(=O)COC(=O)/C=C/c1cccc(F)c1. The van der Waals surface area contributed by atoms with Gasteiger partial charge in [-0.1, -0.05) is 31.9 Å². The van der Waals surface area contributed by atoms with E-state index in [0.29, 0.717) is 11.5 Å². The Morgan fingerprint density at radius 2 is 2.13 bits per heavy atom. The van der Waals surface area contributed by atoms with Crippen LogP contribution < -0.4 is 5.32 Å². The predicted molar refractivity (Wildman–Crippen MR) is 86.0 cm³/mol. The molecule has 0 aliphatic heterocycles. The van der Waals surface area contributed by atoms with Gasteiger partial charge < -0.3 is 10.1 Å². The van der Waals surface area contributed by atoms with Crippen LogP contribution in [0.2, 0.25) is 0 Å². The Balaban J connectivity index is 1.74. The number of esters is 1. The minimum absolute atomic E-state index is 0.165. The molecule has 0 radical (unpaired) electrons. The number of rotatable bonds is 5. The Hall–Kier alpha value is -2.17. The van der Waals surface area contributed by atoms with Crippen LogP contribution in [0.1, 0.15) is 38.2 Å². The lowest BCUT2D eigenvalue weighted by atomic mass is 9.86. The van der Waals surface area contributed by atoms with Gasteiger partial charge in [0.2, 0.25) is 0 Å². The molecule has 0 bridgehead atoms. The number of ether oxygens (including phenoxy) is 1. The highest BCUT2D eigenvalue weighted by Crippen LogP contribution is 2.23. The first-order chi connectivity index (χ1) is 11.0. The van der Waals surface area contributed by atoms with Gasteiger partial charge in [-0.2, -0.15) is 0 Å². The molecule has 1 aromatic carbocycles. The lowest BCUT2D eigenvalue weighted by Crippen LogP contribution is -2.42. The van der Waals surface area contributed by atoms with Crippen molar-refractivity contribution in [3.8, 4) is 0 Å². The molecule has 0 heterocycles. The van der Waals surface area contributed by atoms with Crippen LogP contribution in [0.4, 0.5) is 4.39 Å². The summed E-state index contributed by atoms with van der Waals surface area (Å²) in [4.78, 5) is 23.4. The molecular weight excluding hydrogens is 297 g/mol. The van der Waals surface area contributed by atoms with Gasteiger partial charge in [-0.05, 0) is 42.5 Å². The van der Waals surface area contributed by atoms with Crippen LogP contribution in [0, 0.1) is 11.7 Å². The maximum absolute atomic E-state index is 13.0. The van der Waals surface area contributed by atoms with Crippen molar-refractivity contribution in [1.82, 2.24) is 5.32 Å². The third kappa shape index (κ3) is 5.85. The van der Waals surface area contributed by atoms with E-state index in [2.05, 4.69) is 12.2 Å². The summed E-state index contributed by atoms with van der Waals surface area (Å²) in [7, 11) is 0. The van der Waals surface area contributed by atoms with E-state index in [9.17, 15) is 14.0 Å². The first-order valence-corrected chi connectivity index (χ1v) is 7.94. The van der Waals surface area contributed by atoms with Crippen molar-refractivity contribution in [2.24, 2.45) is 5.92 Å². The monoisotopic (exact) mass is 319 g/mol. The summed E-state index contributed by atoms with van der Waals surface area (Å²) in [6.07, 6.45) is 7.04. The van der Waals surface area contributed by atoms with Crippen molar-refractivity contribution in [2.75, 3.05) is 6.61 Å². The van der Waals surface area contributed by atoms with Crippen molar-refractivity contribution < 1.29 is 18.7 Å². The summed E-state index contributed by atoms with van der Waals surface area (Å²) >= 11 is 0. The molecule has 1 aliphatic rings. The molecular formula is C18H22FNO3. The number of halogens is 1. The molecule has 1 aromatic rings. The first kappa shape index (κ1) is 17.2. The quantitative estimate of drug-likeness (QED) is 0.670. The van der Waals surface area contributed by atoms with Crippen molar-refractivity contribution >= 4 is 18.0 Å². The Morgan fingerprint density at radius 3 is 2.87 bits per heavy atom. The fraction of sp³-hybridized carbons (Fsp3) is 0.444. The van der Waals surface area contributed by atoms with Gasteiger partial charge in [0.05, 0.1) is 0 Å². The van der Waals surface area contributed by atoms with E-state index >= 15 is 0 Å². The van der Waals surface area contributed by atoms with Crippen LogP contribution in [0.25, 0.3) is 6.08 Å². The van der Waals surface area contributed by atoms with Crippen LogP contribution in [-0.2, 0) is 14.3 Å². The number of hydrogen-bond donors (Lipinski definition) is 1. The molecule has 0 saturated heterocycles. The lowest BCUT2D eigenvalue weighted by Gasteiger charge is -2.29. The van der Waals surface area contributed by atoms with Gasteiger partial charge in [-0.3, -0.25) is 4.79 Å². The largest absolute Gasteiger partial charge is 0.452 e. The van der Waals surface area contributed by atoms with E-state index in [4.69, 9.17) is 4.74 Å². The summed E-state index contributed by atoms with van der Waals surface area (Å²) in [6, 6.07) is 6.02. The number of nitrogens with one attached hydrogen (secondary N) is 1. The van der Waals surface area contributed by atoms with Crippen LogP contribution in [0.15, 0.2) is 30.3 Å². The van der Waals surface area contributed by atoms with Gasteiger partial charge in [-0.15, -0.1) is 0 Å². The molecule has 0 aromatic heterocycles. The van der Waals surface area contributed by atoms with Crippen molar-refractivity contribution in [1.29, 1.82) is 0 Å². The maximum atomic E-state index is 13.0. The third-order valence-electron chi connectivity index (χ3n) is 4.06. The van der Waals surface area contributed by atoms with Crippen LogP contribution in [0.3, 0.4) is 0 Å². The lowest BCUT2D eigenvalue weighted by molar-refractivity contribution is -0.144. The maximum Gasteiger partial charge on any atom is 0.331 e. The highest BCUT2D eigenvalue weighted by Gasteiger charge is 2.22. The molecule has 23 heavy (non-hydrogen) atoms. The van der Waals surface area contributed by atoms with Crippen LogP contribution in [0.5, 0.6) is 0 Å². The summed E-state index contributed by atoms with van der Waals surface area (Å²) in [5, 5.41) is 2.92. The van der Waals surface area contributed by atoms with Crippen LogP contribution >= 0.6 is 0 Å². The summed E-state index contributed by atoms with van der Waals surface area (Å²) < 4.78 is 17.9. The second kappa shape index (κ2) is 8.46. The zero-order valence-electron chi connectivity index (χ0n) is 13.3. The molecule has 2 rings (SSSR count). The normalized spacial score (nSPS) is 21.1. The molecule has 5 heteroatoms. The Bertz CT molecular complexity index is 585. The fourth-order valence-electron chi connectivity index (χ4n) is 2.74. The van der Waals surface area contributed by atoms with E-state index in [0.717, 1.165) is 19.3 Å². The predicted octanol–water partition coefficient (Wildman–Crippen LogP) is 3.08. The zero-order chi connectivity index (χ0) is 16.7. The van der Waals surface area contributed by atoms with Crippen LogP contribution in [-0.4, -0.2) is 24.5 Å². The average Bonchev–Trinajstić information content (AvgIpc) is 2.53. The Labute approximate surface area is 135 Å². The molecule has 2 atom stereocenters. The van der Waals surface area contributed by atoms with E-state index in [-0.39, 0.29) is 24.4 Å². The Morgan fingerprint density at radius 1 is 1.35 bits per heavy atom. The zero-order valence-corrected chi connectivity index (χ0v) is 13.3. The van der Waals surface area contributed by atoms with Gasteiger partial charge in [0.25, 0.3) is 5.91 Å². The second-order valence-electron chi connectivity index (χ2n) is 5.93. The van der Waals surface area contributed by atoms with E-state index in [1.165, 1.54) is 30.7 Å². The summed E-state index contributed by atoms with van der Waals surface area (Å²) in [5.41, 5.74) is 0.558. The molecule has 4 nitrogen and oxygen atoms in total. The standard InChI is InChI=1S/C18H22FNO3/c1-13-5-2-3-8-16(13)20-17(21)12-23-18(22)10-9-14-6-4-7-15(19)11-14/h4,6-7,9-11,13,16H,2-3,5,8,12H2,1H3,(H,20,21)/b10-9+/t13-,16-/m1/s1. The third-order valence-corrected chi connectivity index (χ3v) is 4.06. The molecule has 1 aliphatic carbocycles. The van der Waals surface area contributed by atoms with Crippen molar-refractivity contribution in [2.45, 2.75) is 38.6 Å². The average molecular weight is 319 g/mol. The van der Waals surface area contributed by atoms with Gasteiger partial charge in [0.1, 0.15) is 5.82 Å². The van der Waals surface area contributed by atoms with E-state index < -0.39 is 5.97 Å². The molecule has 1 amide bonds. The smallest absolute Gasteiger partial charge is 0.331 e. The van der Waals surface area contributed by atoms with Gasteiger partial charge >= 0.3 is 5.97 Å². The molecule has 0 spiro atoms. The highest BCUT2D eigenvalue weighted by molar-refractivity contribution is 5.89. The highest BCUT2D eigenvalue weighted by atomic mass is 19.1. The number of benzene rings is 1. The number of carbonyl (C=O) groups excluding carboxylic acids is 2. The first-order valence-electron chi connectivity index (χ1n) is 7.94. The summed E-state index contributed by atoms with van der Waals surface area (Å²) in [5.74, 6) is -0.824. The molecule has 124 valence electrons. The number of carbonyl (C=O) groups is 2. The van der Waals surface area contributed by atoms with Crippen molar-refractivity contribution in [3.05, 3.63) is 41.7 Å². The minimum Gasteiger partial charge on any atom is -0.452 e. The molecule has 1 N–H and O–H groups in total. The molecule has 0 unspecified atom stereocenters. The summed E-state index contributed by atoms with van der Waals surface area (Å²) in [6.45, 7) is 1.83. The molecule has 1 saturated carbocycles. The van der Waals surface area contributed by atoms with E-state index in [1.807, 2.05) is 0 Å². The van der Waals surface area contributed by atoms with Gasteiger partial charge in [0.15, 0.2) is 6.61 Å². The Kier molecular flexibility index (Phi) is 6.32. The van der Waals surface area contributed by atoms with Crippen molar-refractivity contribution in [3.63, 3.8) is 0 Å². The number of amides is 1. The second-order valence-corrected chi connectivity index (χ2v) is 5.93. The minimum atomic E-state index is -0.624. The van der Waals surface area contributed by atoms with Gasteiger partial charge in [-0.25, -0.2) is 9.18 Å². The molecule has 1 fully saturated rings. The van der Waals surface area contributed by atoms with Gasteiger partial charge in [0, 0.05) is 12.1 Å². The van der Waals surface area contributed by atoms with E-state index in [1.54, 1.807) is 12.1 Å². The topological polar surface area (TPSA) is 55.4 Å². The fourth-order valence-corrected chi connectivity index (χ4v) is 2.74. The number of hydrogen-bond acceptors (Lipinski definition) is 3.